The molecular weight excluding hydrogens is 491 g/mol. The van der Waals surface area contributed by atoms with E-state index in [1.807, 2.05) is 30.3 Å². The van der Waals surface area contributed by atoms with E-state index in [2.05, 4.69) is 35.8 Å². The molecule has 11 nitrogen and oxygen atoms in total. The minimum atomic E-state index is -0.588. The normalized spacial score (nSPS) is 11.4. The average molecular weight is 513 g/mol. The molecule has 0 saturated carbocycles. The third kappa shape index (κ3) is 5.23. The topological polar surface area (TPSA) is 146 Å². The number of ether oxygens (including phenoxy) is 1. The standard InChI is InChI=1S/C26H21FN8O3/c1-16(18-9-13-21(14-10-18)37-15-17-7-11-20(27)12-8-17)29-31-26(36)23-22(19-5-3-2-4-6-19)30-34-35(23)25-24(28)32-38-33-25/h2-14H,15H2,1H3,(H2,28,32)(H,31,36)/b29-16-. The number of hydrogen-bond acceptors (Lipinski definition) is 9. The second-order valence-electron chi connectivity index (χ2n) is 8.12. The van der Waals surface area contributed by atoms with Gasteiger partial charge in [0.05, 0.1) is 5.71 Å². The maximum atomic E-state index is 13.3. The highest BCUT2D eigenvalue weighted by Crippen LogP contribution is 2.24. The first-order valence-corrected chi connectivity index (χ1v) is 11.4. The molecule has 0 fully saturated rings. The molecule has 0 aliphatic heterocycles. The largest absolute Gasteiger partial charge is 0.489 e. The second-order valence-corrected chi connectivity index (χ2v) is 8.12. The van der Waals surface area contributed by atoms with Crippen molar-refractivity contribution in [3.8, 4) is 22.8 Å². The number of nitrogen functional groups attached to an aromatic ring is 1. The van der Waals surface area contributed by atoms with Crippen LogP contribution in [0.15, 0.2) is 88.6 Å². The summed E-state index contributed by atoms with van der Waals surface area (Å²) in [5, 5.41) is 19.7. The van der Waals surface area contributed by atoms with Gasteiger partial charge in [0.15, 0.2) is 5.69 Å². The summed E-state index contributed by atoms with van der Waals surface area (Å²) in [7, 11) is 0. The summed E-state index contributed by atoms with van der Waals surface area (Å²) in [5.74, 6) is -0.269. The molecule has 5 aromatic rings. The van der Waals surface area contributed by atoms with Crippen LogP contribution in [0, 0.1) is 5.82 Å². The molecule has 5 rings (SSSR count). The monoisotopic (exact) mass is 512 g/mol. The van der Waals surface area contributed by atoms with Crippen molar-refractivity contribution in [2.24, 2.45) is 5.10 Å². The van der Waals surface area contributed by atoms with E-state index in [4.69, 9.17) is 10.5 Å². The number of rotatable bonds is 8. The molecule has 12 heteroatoms. The Morgan fingerprint density at radius 1 is 1.05 bits per heavy atom. The Hall–Kier alpha value is -5.39. The van der Waals surface area contributed by atoms with Gasteiger partial charge in [0.2, 0.25) is 11.6 Å². The predicted octanol–water partition coefficient (Wildman–Crippen LogP) is 3.77. The lowest BCUT2D eigenvalue weighted by Gasteiger charge is -2.08. The van der Waals surface area contributed by atoms with Crippen LogP contribution in [0.5, 0.6) is 5.75 Å². The first-order valence-electron chi connectivity index (χ1n) is 11.4. The summed E-state index contributed by atoms with van der Waals surface area (Å²) in [6, 6.07) is 22.4. The number of carbonyl (C=O) groups is 1. The third-order valence-electron chi connectivity index (χ3n) is 5.54. The zero-order chi connectivity index (χ0) is 26.5. The van der Waals surface area contributed by atoms with E-state index in [1.165, 1.54) is 12.1 Å². The fraction of sp³-hybridized carbons (Fsp3) is 0.0769. The lowest BCUT2D eigenvalue weighted by atomic mass is 10.1. The van der Waals surface area contributed by atoms with Crippen molar-refractivity contribution in [3.05, 3.63) is 102 Å². The highest BCUT2D eigenvalue weighted by molar-refractivity contribution is 6.02. The van der Waals surface area contributed by atoms with Gasteiger partial charge in [0.25, 0.3) is 5.91 Å². The van der Waals surface area contributed by atoms with E-state index in [0.717, 1.165) is 15.8 Å². The summed E-state index contributed by atoms with van der Waals surface area (Å²) >= 11 is 0. The molecule has 0 saturated heterocycles. The number of halogens is 1. The van der Waals surface area contributed by atoms with Crippen LogP contribution in [-0.2, 0) is 6.61 Å². The Bertz CT molecular complexity index is 1580. The van der Waals surface area contributed by atoms with Gasteiger partial charge in [-0.15, -0.1) is 5.10 Å². The molecule has 3 aromatic carbocycles. The fourth-order valence-electron chi connectivity index (χ4n) is 3.55. The summed E-state index contributed by atoms with van der Waals surface area (Å²) in [5.41, 5.74) is 11.6. The molecule has 2 heterocycles. The number of nitrogens with two attached hydrogens (primary N) is 1. The van der Waals surface area contributed by atoms with Crippen LogP contribution >= 0.6 is 0 Å². The van der Waals surface area contributed by atoms with E-state index in [-0.39, 0.29) is 23.1 Å². The maximum Gasteiger partial charge on any atom is 0.292 e. The second kappa shape index (κ2) is 10.7. The predicted molar refractivity (Wildman–Crippen MR) is 136 cm³/mol. The molecule has 0 atom stereocenters. The Labute approximate surface area is 215 Å². The lowest BCUT2D eigenvalue weighted by molar-refractivity contribution is 0.0947. The first-order chi connectivity index (χ1) is 18.5. The number of aromatic nitrogens is 5. The number of hydrazone groups is 1. The van der Waals surface area contributed by atoms with Crippen LogP contribution in [0.4, 0.5) is 10.2 Å². The van der Waals surface area contributed by atoms with Gasteiger partial charge in [0, 0.05) is 5.56 Å². The molecule has 1 amide bonds. The molecule has 0 bridgehead atoms. The molecule has 0 unspecified atom stereocenters. The van der Waals surface area contributed by atoms with Crippen molar-refractivity contribution in [1.29, 1.82) is 0 Å². The molecule has 0 radical (unpaired) electrons. The van der Waals surface area contributed by atoms with Gasteiger partial charge < -0.3 is 10.5 Å². The van der Waals surface area contributed by atoms with E-state index in [1.54, 1.807) is 43.3 Å². The number of carbonyl (C=O) groups excluding carboxylic acids is 1. The van der Waals surface area contributed by atoms with Gasteiger partial charge in [0.1, 0.15) is 23.9 Å². The number of nitrogens with one attached hydrogen (secondary N) is 1. The zero-order valence-corrected chi connectivity index (χ0v) is 20.1. The van der Waals surface area contributed by atoms with Crippen molar-refractivity contribution >= 4 is 17.4 Å². The van der Waals surface area contributed by atoms with Gasteiger partial charge in [-0.05, 0) is 64.8 Å². The van der Waals surface area contributed by atoms with Crippen LogP contribution in [-0.4, -0.2) is 36.9 Å². The van der Waals surface area contributed by atoms with Crippen LogP contribution < -0.4 is 15.9 Å². The summed E-state index contributed by atoms with van der Waals surface area (Å²) in [6.45, 7) is 2.06. The smallest absolute Gasteiger partial charge is 0.292 e. The minimum Gasteiger partial charge on any atom is -0.489 e. The van der Waals surface area contributed by atoms with Gasteiger partial charge in [-0.1, -0.05) is 47.7 Å². The highest BCUT2D eigenvalue weighted by atomic mass is 19.1. The lowest BCUT2D eigenvalue weighted by Crippen LogP contribution is -2.23. The number of anilines is 1. The van der Waals surface area contributed by atoms with Crippen molar-refractivity contribution in [1.82, 2.24) is 30.7 Å². The molecule has 38 heavy (non-hydrogen) atoms. The number of nitrogens with zero attached hydrogens (tertiary/aromatic N) is 6. The molecule has 2 aromatic heterocycles. The molecule has 0 aliphatic carbocycles. The van der Waals surface area contributed by atoms with Crippen molar-refractivity contribution in [3.63, 3.8) is 0 Å². The average Bonchev–Trinajstić information content (AvgIpc) is 3.58. The summed E-state index contributed by atoms with van der Waals surface area (Å²) in [6.07, 6.45) is 0. The Kier molecular flexibility index (Phi) is 6.85. The van der Waals surface area contributed by atoms with Gasteiger partial charge in [-0.2, -0.15) is 9.78 Å². The number of hydrogen-bond donors (Lipinski definition) is 2. The van der Waals surface area contributed by atoms with Crippen molar-refractivity contribution < 1.29 is 18.6 Å². The summed E-state index contributed by atoms with van der Waals surface area (Å²) in [4.78, 5) is 13.3. The van der Waals surface area contributed by atoms with E-state index in [0.29, 0.717) is 29.3 Å². The quantitative estimate of drug-likeness (QED) is 0.236. The van der Waals surface area contributed by atoms with E-state index >= 15 is 0 Å². The van der Waals surface area contributed by atoms with Crippen LogP contribution in [0.25, 0.3) is 17.1 Å². The van der Waals surface area contributed by atoms with Crippen LogP contribution in [0.3, 0.4) is 0 Å². The van der Waals surface area contributed by atoms with E-state index in [9.17, 15) is 9.18 Å². The first kappa shape index (κ1) is 24.3. The minimum absolute atomic E-state index is 0.0294. The van der Waals surface area contributed by atoms with Gasteiger partial charge in [-0.25, -0.2) is 14.4 Å². The molecule has 190 valence electrons. The maximum absolute atomic E-state index is 13.3. The zero-order valence-electron chi connectivity index (χ0n) is 20.1. The Balaban J connectivity index is 1.33. The molecule has 0 aliphatic rings. The SMILES string of the molecule is C/C(=N/NC(=O)c1c(-c2ccccc2)nnn1-c1nonc1N)c1ccc(OCc2ccc(F)cc2)cc1. The number of amides is 1. The molecule has 0 spiro atoms. The fourth-order valence-corrected chi connectivity index (χ4v) is 3.55. The molecule has 3 N–H and O–H groups in total. The number of benzene rings is 3. The van der Waals surface area contributed by atoms with Gasteiger partial charge in [-0.3, -0.25) is 4.79 Å². The van der Waals surface area contributed by atoms with E-state index < -0.39 is 5.91 Å². The molecular formula is C26H21FN8O3. The third-order valence-corrected chi connectivity index (χ3v) is 5.54. The Morgan fingerprint density at radius 3 is 2.47 bits per heavy atom. The van der Waals surface area contributed by atoms with Crippen LogP contribution in [0.2, 0.25) is 0 Å². The van der Waals surface area contributed by atoms with Gasteiger partial charge >= 0.3 is 0 Å². The highest BCUT2D eigenvalue weighted by Gasteiger charge is 2.26. The van der Waals surface area contributed by atoms with Crippen LogP contribution in [0.1, 0.15) is 28.5 Å². The van der Waals surface area contributed by atoms with Crippen molar-refractivity contribution in [2.45, 2.75) is 13.5 Å². The summed E-state index contributed by atoms with van der Waals surface area (Å²) < 4.78 is 24.6. The van der Waals surface area contributed by atoms with Crippen molar-refractivity contribution in [2.75, 3.05) is 5.73 Å². The Morgan fingerprint density at radius 2 is 1.79 bits per heavy atom.